The van der Waals surface area contributed by atoms with E-state index in [1.165, 1.54) is 24.3 Å². The molecule has 0 saturated carbocycles. The number of anilines is 2. The molecule has 0 aliphatic heterocycles. The quantitative estimate of drug-likeness (QED) is 0.0514. The Morgan fingerprint density at radius 3 is 1.98 bits per heavy atom. The second kappa shape index (κ2) is 18.9. The van der Waals surface area contributed by atoms with E-state index >= 15 is 0 Å². The fourth-order valence-electron chi connectivity index (χ4n) is 6.79. The van der Waals surface area contributed by atoms with Crippen LogP contribution < -0.4 is 10.9 Å². The van der Waals surface area contributed by atoms with E-state index in [1.54, 1.807) is 54.2 Å². The van der Waals surface area contributed by atoms with Crippen LogP contribution in [-0.4, -0.2) is 48.2 Å². The van der Waals surface area contributed by atoms with Crippen LogP contribution in [0.4, 0.5) is 22.7 Å². The van der Waals surface area contributed by atoms with E-state index in [1.807, 2.05) is 91.0 Å². The van der Waals surface area contributed by atoms with Crippen molar-refractivity contribution in [2.75, 3.05) is 11.9 Å². The molecule has 15 nitrogen and oxygen atoms in total. The summed E-state index contributed by atoms with van der Waals surface area (Å²) in [4.78, 5) is 66.8. The number of hydrogen-bond donors (Lipinski definition) is 3. The summed E-state index contributed by atoms with van der Waals surface area (Å²) in [5.74, 6) is -0.203. The van der Waals surface area contributed by atoms with Crippen molar-refractivity contribution in [2.45, 2.75) is 13.3 Å². The third-order valence-corrected chi connectivity index (χ3v) is 9.63. The van der Waals surface area contributed by atoms with E-state index < -0.39 is 9.85 Å². The highest BCUT2D eigenvalue weighted by Crippen LogP contribution is 2.31. The highest BCUT2D eigenvalue weighted by molar-refractivity contribution is 6.07. The van der Waals surface area contributed by atoms with Gasteiger partial charge in [-0.1, -0.05) is 72.8 Å². The maximum atomic E-state index is 13.6. The lowest BCUT2D eigenvalue weighted by Gasteiger charge is -2.11. The Morgan fingerprint density at radius 1 is 0.758 bits per heavy atom. The minimum absolute atomic E-state index is 0.0174. The number of benzene rings is 5. The number of nitro benzene ring substituents is 2. The second-order valence-electron chi connectivity index (χ2n) is 13.6. The van der Waals surface area contributed by atoms with E-state index in [0.717, 1.165) is 50.3 Å². The van der Waals surface area contributed by atoms with Crippen molar-refractivity contribution in [1.29, 1.82) is 0 Å². The van der Waals surface area contributed by atoms with Crippen LogP contribution in [0.5, 0.6) is 0 Å². The van der Waals surface area contributed by atoms with Gasteiger partial charge in [0.05, 0.1) is 39.6 Å². The second-order valence-corrected chi connectivity index (χ2v) is 13.6. The molecule has 0 unspecified atom stereocenters. The van der Waals surface area contributed by atoms with Crippen LogP contribution in [0.25, 0.3) is 49.7 Å². The van der Waals surface area contributed by atoms with Gasteiger partial charge in [-0.05, 0) is 66.6 Å². The van der Waals surface area contributed by atoms with Gasteiger partial charge in [0.1, 0.15) is 5.69 Å². The van der Waals surface area contributed by atoms with Gasteiger partial charge in [-0.15, -0.1) is 0 Å². The number of carbonyl (C=O) groups excluding carboxylic acids is 2. The van der Waals surface area contributed by atoms with Crippen LogP contribution in [0.15, 0.2) is 163 Å². The largest absolute Gasteiger partial charge is 0.466 e. The molecule has 9 rings (SSSR count). The van der Waals surface area contributed by atoms with Crippen molar-refractivity contribution in [1.82, 2.24) is 19.5 Å². The summed E-state index contributed by atoms with van der Waals surface area (Å²) in [6.45, 7) is 2.22. The highest BCUT2D eigenvalue weighted by atomic mass is 16.6. The number of nitrogens with one attached hydrogen (secondary N) is 3. The zero-order valence-electron chi connectivity index (χ0n) is 33.1. The molecule has 9 aromatic rings. The first-order valence-corrected chi connectivity index (χ1v) is 19.2. The molecule has 0 bridgehead atoms. The number of aromatic amines is 2. The molecule has 0 spiro atoms. The van der Waals surface area contributed by atoms with E-state index in [-0.39, 0.29) is 22.9 Å². The van der Waals surface area contributed by atoms with Gasteiger partial charge in [0, 0.05) is 75.4 Å². The predicted molar refractivity (Wildman–Crippen MR) is 238 cm³/mol. The third kappa shape index (κ3) is 9.27. The van der Waals surface area contributed by atoms with Crippen LogP contribution in [-0.2, 0) is 16.0 Å². The summed E-state index contributed by atoms with van der Waals surface area (Å²) >= 11 is 0. The first-order valence-electron chi connectivity index (χ1n) is 19.2. The Hall–Kier alpha value is -8.72. The number of para-hydroxylation sites is 2. The molecule has 5 aromatic carbocycles. The van der Waals surface area contributed by atoms with Crippen molar-refractivity contribution in [3.05, 3.63) is 200 Å². The van der Waals surface area contributed by atoms with E-state index in [4.69, 9.17) is 4.74 Å². The SMILES string of the molecule is CCOC(=O)Cc1cccnc1.O=Cc1[nH]c2ccccc2c1Nc1ccc([N+](=O)[O-])cc1.O=c1c(-c2ccccc2)cc2[nH]c3ccccc3c2n1-c1ccc([N+](=O)[O-])cc1. The average molecular weight is 828 g/mol. The molecule has 0 aliphatic carbocycles. The van der Waals surface area contributed by atoms with Crippen molar-refractivity contribution in [3.63, 3.8) is 0 Å². The number of H-pyrrole nitrogens is 2. The number of rotatable bonds is 10. The highest BCUT2D eigenvalue weighted by Gasteiger charge is 2.18. The molecule has 15 heteroatoms. The Bertz CT molecular complexity index is 3090. The zero-order chi connectivity index (χ0) is 43.6. The number of non-ortho nitro benzene ring substituents is 2. The molecule has 4 heterocycles. The molecule has 0 atom stereocenters. The van der Waals surface area contributed by atoms with Crippen LogP contribution in [0.1, 0.15) is 23.0 Å². The normalized spacial score (nSPS) is 10.6. The van der Waals surface area contributed by atoms with Gasteiger partial charge in [-0.2, -0.15) is 0 Å². The van der Waals surface area contributed by atoms with Crippen molar-refractivity contribution >= 4 is 67.8 Å². The minimum Gasteiger partial charge on any atom is -0.466 e. The summed E-state index contributed by atoms with van der Waals surface area (Å²) in [5, 5.41) is 26.6. The standard InChI is InChI=1S/C23H15N3O3.C15H11N3O3.C9H11NO2/c27-23-19(15-6-2-1-3-7-15)14-21-22(18-8-4-5-9-20(18)24-21)25(23)16-10-12-17(13-11-16)26(28)29;19-9-14-15(12-3-1-2-4-13(12)17-14)16-10-5-7-11(8-6-10)18(20)21;1-2-12-9(11)6-8-4-3-5-10-7-8/h1-14,24H;1-9,16-17H;3-5,7H,2,6H2,1H3. The lowest BCUT2D eigenvalue weighted by molar-refractivity contribution is -0.385. The smallest absolute Gasteiger partial charge is 0.310 e. The summed E-state index contributed by atoms with van der Waals surface area (Å²) < 4.78 is 6.40. The van der Waals surface area contributed by atoms with E-state index in [2.05, 4.69) is 20.3 Å². The van der Waals surface area contributed by atoms with Crippen LogP contribution in [0.3, 0.4) is 0 Å². The van der Waals surface area contributed by atoms with Crippen molar-refractivity contribution < 1.29 is 24.2 Å². The summed E-state index contributed by atoms with van der Waals surface area (Å²) in [5.41, 5.74) is 7.78. The van der Waals surface area contributed by atoms with Gasteiger partial charge in [-0.25, -0.2) is 0 Å². The number of fused-ring (bicyclic) bond motifs is 4. The number of esters is 1. The van der Waals surface area contributed by atoms with E-state index in [9.17, 15) is 34.6 Å². The first kappa shape index (κ1) is 41.4. The fraction of sp³-hybridized carbons (Fsp3) is 0.0638. The lowest BCUT2D eigenvalue weighted by atomic mass is 10.1. The van der Waals surface area contributed by atoms with Gasteiger partial charge in [0.15, 0.2) is 6.29 Å². The van der Waals surface area contributed by atoms with Crippen LogP contribution >= 0.6 is 0 Å². The Morgan fingerprint density at radius 2 is 1.37 bits per heavy atom. The molecule has 62 heavy (non-hydrogen) atoms. The zero-order valence-corrected chi connectivity index (χ0v) is 33.1. The first-order chi connectivity index (χ1) is 30.1. The van der Waals surface area contributed by atoms with Gasteiger partial charge in [0.25, 0.3) is 16.9 Å². The number of aldehydes is 1. The molecule has 0 fully saturated rings. The van der Waals surface area contributed by atoms with Gasteiger partial charge in [0.2, 0.25) is 0 Å². The summed E-state index contributed by atoms with van der Waals surface area (Å²) in [6, 6.07) is 42.4. The monoisotopic (exact) mass is 827 g/mol. The topological polar surface area (TPSA) is 208 Å². The lowest BCUT2D eigenvalue weighted by Crippen LogP contribution is -2.20. The fourth-order valence-corrected chi connectivity index (χ4v) is 6.79. The van der Waals surface area contributed by atoms with Crippen LogP contribution in [0.2, 0.25) is 0 Å². The van der Waals surface area contributed by atoms with Gasteiger partial charge >= 0.3 is 5.97 Å². The van der Waals surface area contributed by atoms with Crippen molar-refractivity contribution in [2.24, 2.45) is 0 Å². The molecule has 0 radical (unpaired) electrons. The van der Waals surface area contributed by atoms with Gasteiger partial charge < -0.3 is 20.0 Å². The number of ether oxygens (including phenoxy) is 1. The molecule has 3 N–H and O–H groups in total. The Kier molecular flexibility index (Phi) is 12.6. The summed E-state index contributed by atoms with van der Waals surface area (Å²) in [6.07, 6.45) is 4.39. The molecule has 0 saturated heterocycles. The third-order valence-electron chi connectivity index (χ3n) is 9.63. The number of nitro groups is 2. The van der Waals surface area contributed by atoms with Gasteiger partial charge in [-0.3, -0.25) is 44.2 Å². The Labute approximate surface area is 352 Å². The maximum absolute atomic E-state index is 13.6. The average Bonchev–Trinajstić information content (AvgIpc) is 3.85. The number of nitrogens with zero attached hydrogens (tertiary/aromatic N) is 4. The minimum atomic E-state index is -0.452. The number of pyridine rings is 2. The molecule has 0 amide bonds. The van der Waals surface area contributed by atoms with Crippen molar-refractivity contribution in [3.8, 4) is 16.8 Å². The molecule has 4 aromatic heterocycles. The number of hydrogen-bond acceptors (Lipinski definition) is 10. The Balaban J connectivity index is 0.000000153. The number of carbonyl (C=O) groups is 2. The van der Waals surface area contributed by atoms with E-state index in [0.29, 0.717) is 41.3 Å². The molecule has 308 valence electrons. The maximum Gasteiger partial charge on any atom is 0.310 e. The molecule has 0 aliphatic rings. The number of aromatic nitrogens is 4. The van der Waals surface area contributed by atoms with Crippen LogP contribution in [0, 0.1) is 20.2 Å². The summed E-state index contributed by atoms with van der Waals surface area (Å²) in [7, 11) is 0. The molecular weight excluding hydrogens is 791 g/mol. The predicted octanol–water partition coefficient (Wildman–Crippen LogP) is 9.87. The molecular formula is C47H37N7O8.